The highest BCUT2D eigenvalue weighted by molar-refractivity contribution is 6.03. The van der Waals surface area contributed by atoms with Gasteiger partial charge in [-0.05, 0) is 25.2 Å². The monoisotopic (exact) mass is 345 g/mol. The Hall–Kier alpha value is -2.74. The first-order valence-electron chi connectivity index (χ1n) is 8.08. The van der Waals surface area contributed by atoms with Crippen molar-refractivity contribution in [1.29, 1.82) is 0 Å². The Bertz CT molecular complexity index is 768. The third kappa shape index (κ3) is 4.42. The number of hydrogen-bond donors (Lipinski definition) is 1. The number of carbonyl (C=O) groups is 2. The number of halogens is 1. The normalized spacial score (nSPS) is 15.2. The van der Waals surface area contributed by atoms with E-state index in [4.69, 9.17) is 0 Å². The minimum absolute atomic E-state index is 0.000734. The number of rotatable bonds is 4. The van der Waals surface area contributed by atoms with Gasteiger partial charge in [0.25, 0.3) is 5.91 Å². The average molecular weight is 345 g/mol. The van der Waals surface area contributed by atoms with E-state index in [2.05, 4.69) is 15.3 Å². The lowest BCUT2D eigenvalue weighted by atomic mass is 10.2. The molecule has 0 unspecified atom stereocenters. The van der Waals surface area contributed by atoms with Crippen LogP contribution in [0.1, 0.15) is 10.4 Å². The molecule has 7 nitrogen and oxygen atoms in total. The van der Waals surface area contributed by atoms with Gasteiger partial charge in [-0.15, -0.1) is 0 Å². The molecule has 1 aromatic heterocycles. The number of nitrogens with zero attached hydrogens (tertiary/aromatic N) is 4. The number of hydrogen-bond acceptors (Lipinski definition) is 4. The second-order valence-corrected chi connectivity index (χ2v) is 6.05. The number of benzene rings is 1. The summed E-state index contributed by atoms with van der Waals surface area (Å²) in [4.78, 5) is 28.3. The minimum Gasteiger partial charge on any atom is -0.339 e. The predicted octanol–water partition coefficient (Wildman–Crippen LogP) is 1.05. The standard InChI is InChI=1S/C17H20FN5O2/c1-21-7-9-22(10-8-21)16(24)12-23-6-5-15(20-23)19-17(25)13-3-2-4-14(18)11-13/h2-6,11H,7-10,12H2,1H3,(H,19,20,25). The summed E-state index contributed by atoms with van der Waals surface area (Å²) in [6, 6.07) is 7.02. The van der Waals surface area contributed by atoms with Gasteiger partial charge in [0.1, 0.15) is 12.4 Å². The molecule has 8 heteroatoms. The molecule has 25 heavy (non-hydrogen) atoms. The van der Waals surface area contributed by atoms with Crippen LogP contribution in [0, 0.1) is 5.82 Å². The van der Waals surface area contributed by atoms with Gasteiger partial charge < -0.3 is 15.1 Å². The zero-order chi connectivity index (χ0) is 17.8. The smallest absolute Gasteiger partial charge is 0.256 e. The Morgan fingerprint density at radius 3 is 2.68 bits per heavy atom. The van der Waals surface area contributed by atoms with Crippen LogP contribution < -0.4 is 5.32 Å². The van der Waals surface area contributed by atoms with E-state index >= 15 is 0 Å². The van der Waals surface area contributed by atoms with Gasteiger partial charge in [-0.1, -0.05) is 6.07 Å². The molecule has 1 saturated heterocycles. The van der Waals surface area contributed by atoms with Gasteiger partial charge in [0.2, 0.25) is 5.91 Å². The van der Waals surface area contributed by atoms with Crippen molar-refractivity contribution in [2.75, 3.05) is 38.5 Å². The maximum absolute atomic E-state index is 13.2. The van der Waals surface area contributed by atoms with Crippen LogP contribution in [0.2, 0.25) is 0 Å². The molecule has 2 amide bonds. The third-order valence-corrected chi connectivity index (χ3v) is 4.12. The maximum Gasteiger partial charge on any atom is 0.256 e. The molecule has 0 bridgehead atoms. The van der Waals surface area contributed by atoms with Crippen molar-refractivity contribution in [1.82, 2.24) is 19.6 Å². The Balaban J connectivity index is 1.57. The molecular weight excluding hydrogens is 325 g/mol. The largest absolute Gasteiger partial charge is 0.339 e. The lowest BCUT2D eigenvalue weighted by Gasteiger charge is -2.32. The fourth-order valence-electron chi connectivity index (χ4n) is 2.63. The summed E-state index contributed by atoms with van der Waals surface area (Å²) in [5, 5.41) is 6.78. The third-order valence-electron chi connectivity index (χ3n) is 4.12. The van der Waals surface area contributed by atoms with Crippen LogP contribution in [0.5, 0.6) is 0 Å². The van der Waals surface area contributed by atoms with Crippen LogP contribution in [0.4, 0.5) is 10.2 Å². The van der Waals surface area contributed by atoms with E-state index in [0.717, 1.165) is 19.2 Å². The molecule has 1 N–H and O–H groups in total. The Labute approximate surface area is 145 Å². The number of anilines is 1. The number of nitrogens with one attached hydrogen (secondary N) is 1. The van der Waals surface area contributed by atoms with Gasteiger partial charge in [-0.3, -0.25) is 14.3 Å². The van der Waals surface area contributed by atoms with Crippen molar-refractivity contribution in [2.45, 2.75) is 6.54 Å². The minimum atomic E-state index is -0.476. The van der Waals surface area contributed by atoms with E-state index in [9.17, 15) is 14.0 Å². The molecule has 0 saturated carbocycles. The van der Waals surface area contributed by atoms with Crippen molar-refractivity contribution >= 4 is 17.6 Å². The second kappa shape index (κ2) is 7.43. The average Bonchev–Trinajstić information content (AvgIpc) is 3.02. The quantitative estimate of drug-likeness (QED) is 0.899. The second-order valence-electron chi connectivity index (χ2n) is 6.05. The molecule has 0 spiro atoms. The molecule has 1 aliphatic rings. The van der Waals surface area contributed by atoms with Crippen molar-refractivity contribution < 1.29 is 14.0 Å². The molecule has 3 rings (SSSR count). The summed E-state index contributed by atoms with van der Waals surface area (Å²) < 4.78 is 14.7. The zero-order valence-electron chi connectivity index (χ0n) is 14.0. The van der Waals surface area contributed by atoms with Gasteiger partial charge in [0.15, 0.2) is 5.82 Å². The molecule has 2 aromatic rings. The van der Waals surface area contributed by atoms with Crippen molar-refractivity contribution in [3.05, 3.63) is 47.9 Å². The zero-order valence-corrected chi connectivity index (χ0v) is 14.0. The summed E-state index contributed by atoms with van der Waals surface area (Å²) in [6.45, 7) is 3.26. The van der Waals surface area contributed by atoms with Gasteiger partial charge in [0, 0.05) is 44.0 Å². The molecule has 1 fully saturated rings. The van der Waals surface area contributed by atoms with E-state index in [1.807, 2.05) is 11.9 Å². The van der Waals surface area contributed by atoms with Crippen LogP contribution in [0.3, 0.4) is 0 Å². The van der Waals surface area contributed by atoms with Gasteiger partial charge in [-0.2, -0.15) is 5.10 Å². The lowest BCUT2D eigenvalue weighted by Crippen LogP contribution is -2.48. The molecule has 1 aromatic carbocycles. The molecule has 0 aliphatic carbocycles. The van der Waals surface area contributed by atoms with E-state index in [1.165, 1.54) is 22.9 Å². The number of carbonyl (C=O) groups excluding carboxylic acids is 2. The first kappa shape index (κ1) is 17.1. The molecule has 2 heterocycles. The Morgan fingerprint density at radius 2 is 1.96 bits per heavy atom. The van der Waals surface area contributed by atoms with E-state index in [0.29, 0.717) is 18.9 Å². The van der Waals surface area contributed by atoms with Crippen LogP contribution in [0.25, 0.3) is 0 Å². The lowest BCUT2D eigenvalue weighted by molar-refractivity contribution is -0.133. The topological polar surface area (TPSA) is 70.5 Å². The fourth-order valence-corrected chi connectivity index (χ4v) is 2.63. The molecule has 132 valence electrons. The Morgan fingerprint density at radius 1 is 1.20 bits per heavy atom. The number of likely N-dealkylation sites (N-methyl/N-ethyl adjacent to an activating group) is 1. The molecular formula is C17H20FN5O2. The molecule has 0 radical (unpaired) electrons. The number of piperazine rings is 1. The van der Waals surface area contributed by atoms with E-state index < -0.39 is 11.7 Å². The number of aromatic nitrogens is 2. The first-order chi connectivity index (χ1) is 12.0. The van der Waals surface area contributed by atoms with Crippen LogP contribution in [-0.4, -0.2) is 64.6 Å². The summed E-state index contributed by atoms with van der Waals surface area (Å²) in [5.41, 5.74) is 0.211. The van der Waals surface area contributed by atoms with Gasteiger partial charge >= 0.3 is 0 Å². The maximum atomic E-state index is 13.2. The highest BCUT2D eigenvalue weighted by Crippen LogP contribution is 2.09. The van der Waals surface area contributed by atoms with E-state index in [-0.39, 0.29) is 18.0 Å². The highest BCUT2D eigenvalue weighted by atomic mass is 19.1. The van der Waals surface area contributed by atoms with Crippen molar-refractivity contribution in [2.24, 2.45) is 0 Å². The van der Waals surface area contributed by atoms with Crippen LogP contribution >= 0.6 is 0 Å². The van der Waals surface area contributed by atoms with Gasteiger partial charge in [-0.25, -0.2) is 4.39 Å². The van der Waals surface area contributed by atoms with Crippen LogP contribution in [0.15, 0.2) is 36.5 Å². The van der Waals surface area contributed by atoms with E-state index in [1.54, 1.807) is 12.3 Å². The van der Waals surface area contributed by atoms with Crippen molar-refractivity contribution in [3.8, 4) is 0 Å². The summed E-state index contributed by atoms with van der Waals surface area (Å²) in [5.74, 6) is -0.606. The SMILES string of the molecule is CN1CCN(C(=O)Cn2ccc(NC(=O)c3cccc(F)c3)n2)CC1. The molecule has 0 atom stereocenters. The first-order valence-corrected chi connectivity index (χ1v) is 8.08. The Kier molecular flexibility index (Phi) is 5.08. The molecule has 1 aliphatic heterocycles. The van der Waals surface area contributed by atoms with Gasteiger partial charge in [0.05, 0.1) is 0 Å². The summed E-state index contributed by atoms with van der Waals surface area (Å²) in [6.07, 6.45) is 1.63. The fraction of sp³-hybridized carbons (Fsp3) is 0.353. The van der Waals surface area contributed by atoms with Crippen LogP contribution in [-0.2, 0) is 11.3 Å². The number of amides is 2. The predicted molar refractivity (Wildman–Crippen MR) is 90.7 cm³/mol. The van der Waals surface area contributed by atoms with Crippen molar-refractivity contribution in [3.63, 3.8) is 0 Å². The summed E-state index contributed by atoms with van der Waals surface area (Å²) >= 11 is 0. The summed E-state index contributed by atoms with van der Waals surface area (Å²) in [7, 11) is 2.03. The highest BCUT2D eigenvalue weighted by Gasteiger charge is 2.19.